The summed E-state index contributed by atoms with van der Waals surface area (Å²) in [6.07, 6.45) is 0. The van der Waals surface area contributed by atoms with E-state index >= 15 is 0 Å². The molecule has 8 heteroatoms. The molecule has 4 aromatic rings. The Morgan fingerprint density at radius 1 is 0.938 bits per heavy atom. The van der Waals surface area contributed by atoms with Crippen LogP contribution in [0.5, 0.6) is 5.75 Å². The highest BCUT2D eigenvalue weighted by Crippen LogP contribution is 2.36. The van der Waals surface area contributed by atoms with Gasteiger partial charge in [0.1, 0.15) is 16.9 Å². The molecule has 164 valence electrons. The van der Waals surface area contributed by atoms with Crippen LogP contribution in [-0.4, -0.2) is 44.0 Å². The summed E-state index contributed by atoms with van der Waals surface area (Å²) in [5, 5.41) is 8.09. The van der Waals surface area contributed by atoms with Crippen LogP contribution in [0.4, 0.5) is 11.4 Å². The molecule has 0 unspecified atom stereocenters. The van der Waals surface area contributed by atoms with E-state index in [1.807, 2.05) is 30.3 Å². The number of methoxy groups -OCH3 is 1. The molecule has 0 atom stereocenters. The molecule has 0 saturated heterocycles. The topological polar surface area (TPSA) is 83.8 Å². The first-order valence-electron chi connectivity index (χ1n) is 9.96. The number of nitrogens with one attached hydrogen (secondary N) is 2. The monoisotopic (exact) mass is 451 g/mol. The van der Waals surface area contributed by atoms with Gasteiger partial charge in [0.15, 0.2) is 0 Å². The van der Waals surface area contributed by atoms with Crippen molar-refractivity contribution < 1.29 is 18.7 Å². The fourth-order valence-electron chi connectivity index (χ4n) is 3.49. The molecule has 2 N–H and O–H groups in total. The Kier molecular flexibility index (Phi) is 6.30. The second-order valence-corrected chi connectivity index (χ2v) is 7.86. The molecular weight excluding hydrogens is 430 g/mol. The Balaban J connectivity index is 1.41. The molecule has 32 heavy (non-hydrogen) atoms. The number of fused-ring (bicyclic) bond motifs is 3. The smallest absolute Gasteiger partial charge is 0.238 e. The van der Waals surface area contributed by atoms with Gasteiger partial charge in [-0.1, -0.05) is 29.8 Å². The Morgan fingerprint density at radius 3 is 2.34 bits per heavy atom. The maximum absolute atomic E-state index is 12.6. The van der Waals surface area contributed by atoms with Gasteiger partial charge in [-0.25, -0.2) is 0 Å². The summed E-state index contributed by atoms with van der Waals surface area (Å²) in [6.45, 7) is 0.0746. The van der Waals surface area contributed by atoms with Crippen LogP contribution in [0.15, 0.2) is 65.1 Å². The molecule has 0 saturated carbocycles. The lowest BCUT2D eigenvalue weighted by Gasteiger charge is -2.17. The van der Waals surface area contributed by atoms with E-state index in [-0.39, 0.29) is 24.9 Å². The number of nitrogens with zero attached hydrogens (tertiary/aromatic N) is 1. The number of ether oxygens (including phenoxy) is 1. The molecule has 0 spiro atoms. The Labute approximate surface area is 189 Å². The highest BCUT2D eigenvalue weighted by atomic mass is 35.5. The number of carbonyl (C=O) groups is 2. The highest BCUT2D eigenvalue weighted by molar-refractivity contribution is 6.30. The molecule has 0 aliphatic rings. The van der Waals surface area contributed by atoms with Gasteiger partial charge in [0.2, 0.25) is 11.8 Å². The number of amides is 2. The SMILES string of the molecule is COc1cc2c(cc1NC(=O)CN(C)CC(=O)Nc1ccc(Cl)cc1)oc1ccccc12. The summed E-state index contributed by atoms with van der Waals surface area (Å²) in [5.74, 6) is 0.0185. The van der Waals surface area contributed by atoms with Crippen molar-refractivity contribution in [2.45, 2.75) is 0 Å². The third-order valence-electron chi connectivity index (χ3n) is 4.93. The third-order valence-corrected chi connectivity index (χ3v) is 5.18. The van der Waals surface area contributed by atoms with Gasteiger partial charge in [-0.05, 0) is 43.4 Å². The van der Waals surface area contributed by atoms with Crippen molar-refractivity contribution >= 4 is 56.7 Å². The summed E-state index contributed by atoms with van der Waals surface area (Å²) in [6, 6.07) is 18.1. The van der Waals surface area contributed by atoms with Crippen LogP contribution >= 0.6 is 11.6 Å². The van der Waals surface area contributed by atoms with E-state index in [0.29, 0.717) is 27.7 Å². The second kappa shape index (κ2) is 9.30. The molecule has 0 radical (unpaired) electrons. The minimum atomic E-state index is -0.277. The van der Waals surface area contributed by atoms with E-state index < -0.39 is 0 Å². The van der Waals surface area contributed by atoms with E-state index in [9.17, 15) is 9.59 Å². The van der Waals surface area contributed by atoms with Gasteiger partial charge in [0.05, 0.1) is 25.9 Å². The van der Waals surface area contributed by atoms with Crippen LogP contribution in [0.1, 0.15) is 0 Å². The van der Waals surface area contributed by atoms with Gasteiger partial charge in [-0.2, -0.15) is 0 Å². The number of benzene rings is 3. The maximum Gasteiger partial charge on any atom is 0.238 e. The van der Waals surface area contributed by atoms with Crippen LogP contribution in [0, 0.1) is 0 Å². The number of carbonyl (C=O) groups excluding carboxylic acids is 2. The van der Waals surface area contributed by atoms with E-state index in [0.717, 1.165) is 16.4 Å². The highest BCUT2D eigenvalue weighted by Gasteiger charge is 2.16. The molecule has 4 rings (SSSR count). The van der Waals surface area contributed by atoms with Gasteiger partial charge in [0, 0.05) is 27.5 Å². The zero-order chi connectivity index (χ0) is 22.7. The number of para-hydroxylation sites is 1. The fraction of sp³-hybridized carbons (Fsp3) is 0.167. The van der Waals surface area contributed by atoms with Crippen molar-refractivity contribution in [3.8, 4) is 5.75 Å². The quantitative estimate of drug-likeness (QED) is 0.423. The van der Waals surface area contributed by atoms with Crippen LogP contribution in [0.25, 0.3) is 21.9 Å². The van der Waals surface area contributed by atoms with E-state index in [2.05, 4.69) is 10.6 Å². The predicted octanol–water partition coefficient (Wildman–Crippen LogP) is 4.76. The molecule has 0 aliphatic heterocycles. The lowest BCUT2D eigenvalue weighted by Crippen LogP contribution is -2.36. The van der Waals surface area contributed by atoms with Gasteiger partial charge in [0.25, 0.3) is 0 Å². The number of anilines is 2. The molecule has 1 heterocycles. The zero-order valence-electron chi connectivity index (χ0n) is 17.6. The molecule has 0 aliphatic carbocycles. The van der Waals surface area contributed by atoms with Crippen molar-refractivity contribution in [1.29, 1.82) is 0 Å². The lowest BCUT2D eigenvalue weighted by atomic mass is 10.1. The molecule has 3 aromatic carbocycles. The second-order valence-electron chi connectivity index (χ2n) is 7.42. The molecular formula is C24H22ClN3O4. The Bertz CT molecular complexity index is 1280. The summed E-state index contributed by atoms with van der Waals surface area (Å²) >= 11 is 5.85. The normalized spacial score (nSPS) is 11.1. The molecule has 0 fully saturated rings. The van der Waals surface area contributed by atoms with E-state index in [1.54, 1.807) is 49.4 Å². The number of halogens is 1. The number of hydrogen-bond acceptors (Lipinski definition) is 5. The first kappa shape index (κ1) is 21.7. The van der Waals surface area contributed by atoms with Crippen LogP contribution < -0.4 is 15.4 Å². The molecule has 0 bridgehead atoms. The molecule has 2 amide bonds. The summed E-state index contributed by atoms with van der Waals surface area (Å²) in [5.41, 5.74) is 2.56. The molecule has 1 aromatic heterocycles. The summed E-state index contributed by atoms with van der Waals surface area (Å²) < 4.78 is 11.4. The van der Waals surface area contributed by atoms with Gasteiger partial charge < -0.3 is 19.8 Å². The summed E-state index contributed by atoms with van der Waals surface area (Å²) in [7, 11) is 3.24. The number of hydrogen-bond donors (Lipinski definition) is 2. The molecule has 7 nitrogen and oxygen atoms in total. The first-order chi connectivity index (χ1) is 15.4. The first-order valence-corrected chi connectivity index (χ1v) is 10.3. The van der Waals surface area contributed by atoms with Gasteiger partial charge in [-0.3, -0.25) is 14.5 Å². The number of likely N-dealkylation sites (N-methyl/N-ethyl adjacent to an activating group) is 1. The van der Waals surface area contributed by atoms with Crippen molar-refractivity contribution in [2.75, 3.05) is 37.9 Å². The summed E-state index contributed by atoms with van der Waals surface area (Å²) in [4.78, 5) is 26.4. The van der Waals surface area contributed by atoms with E-state index in [1.165, 1.54) is 0 Å². The minimum absolute atomic E-state index is 0.0232. The van der Waals surface area contributed by atoms with E-state index in [4.69, 9.17) is 20.8 Å². The standard InChI is InChI=1S/C24H22ClN3O4/c1-28(13-23(29)26-16-9-7-15(25)8-10-16)14-24(30)27-19-12-21-18(11-22(19)31-2)17-5-3-4-6-20(17)32-21/h3-12H,13-14H2,1-2H3,(H,26,29)(H,27,30). The average Bonchev–Trinajstić information content (AvgIpc) is 3.11. The Hall–Kier alpha value is -3.55. The van der Waals surface area contributed by atoms with Gasteiger partial charge in [-0.15, -0.1) is 0 Å². The van der Waals surface area contributed by atoms with Crippen molar-refractivity contribution in [3.63, 3.8) is 0 Å². The average molecular weight is 452 g/mol. The van der Waals surface area contributed by atoms with Crippen LogP contribution in [-0.2, 0) is 9.59 Å². The lowest BCUT2D eigenvalue weighted by molar-refractivity contribution is -0.119. The maximum atomic E-state index is 12.6. The third kappa shape index (κ3) is 4.85. The van der Waals surface area contributed by atoms with Gasteiger partial charge >= 0.3 is 0 Å². The van der Waals surface area contributed by atoms with Crippen molar-refractivity contribution in [1.82, 2.24) is 4.90 Å². The minimum Gasteiger partial charge on any atom is -0.495 e. The Morgan fingerprint density at radius 2 is 1.62 bits per heavy atom. The van der Waals surface area contributed by atoms with Crippen LogP contribution in [0.2, 0.25) is 5.02 Å². The van der Waals surface area contributed by atoms with Crippen molar-refractivity contribution in [2.24, 2.45) is 0 Å². The van der Waals surface area contributed by atoms with Crippen LogP contribution in [0.3, 0.4) is 0 Å². The largest absolute Gasteiger partial charge is 0.495 e. The predicted molar refractivity (Wildman–Crippen MR) is 126 cm³/mol. The number of furan rings is 1. The van der Waals surface area contributed by atoms with Crippen molar-refractivity contribution in [3.05, 3.63) is 65.7 Å². The number of rotatable bonds is 7. The fourth-order valence-corrected chi connectivity index (χ4v) is 3.61. The zero-order valence-corrected chi connectivity index (χ0v) is 18.4.